The molecule has 6 N–H and O–H groups in total. The zero-order valence-corrected chi connectivity index (χ0v) is 15.4. The van der Waals surface area contributed by atoms with Crippen LogP contribution in [0, 0.1) is 17.8 Å². The second kappa shape index (κ2) is 8.20. The number of fused-ring (bicyclic) bond motifs is 1. The molecule has 11 heteroatoms. The van der Waals surface area contributed by atoms with Gasteiger partial charge in [0.2, 0.25) is 6.29 Å². The Hall–Kier alpha value is -1.31. The van der Waals surface area contributed by atoms with Crippen LogP contribution < -0.4 is 0 Å². The van der Waals surface area contributed by atoms with Crippen LogP contribution in [0.1, 0.15) is 6.92 Å². The van der Waals surface area contributed by atoms with Gasteiger partial charge in [0.15, 0.2) is 6.29 Å². The molecule has 0 bridgehead atoms. The first-order chi connectivity index (χ1) is 13.2. The van der Waals surface area contributed by atoms with E-state index in [1.807, 2.05) is 0 Å². The van der Waals surface area contributed by atoms with Crippen LogP contribution in [0.4, 0.5) is 0 Å². The molecule has 1 aliphatic carbocycles. The minimum atomic E-state index is -1.64. The Kier molecular flexibility index (Phi) is 6.27. The predicted molar refractivity (Wildman–Crippen MR) is 88.0 cm³/mol. The Morgan fingerprint density at radius 3 is 2.32 bits per heavy atom. The second-order valence-electron chi connectivity index (χ2n) is 7.35. The molecule has 11 nitrogen and oxygen atoms in total. The van der Waals surface area contributed by atoms with Gasteiger partial charge < -0.3 is 49.6 Å². The molecule has 0 radical (unpaired) electrons. The summed E-state index contributed by atoms with van der Waals surface area (Å²) >= 11 is 0. The summed E-state index contributed by atoms with van der Waals surface area (Å²) in [6.07, 6.45) is -9.96. The van der Waals surface area contributed by atoms with Gasteiger partial charge in [-0.1, -0.05) is 6.92 Å². The maximum atomic E-state index is 12.0. The predicted octanol–water partition coefficient (Wildman–Crippen LogP) is -3.18. The standard InChI is InChI=1S/C17H26O11/c1-5-8-9(12(21)10(5)19)6(15(24)25-2)4-26-16(8)28-17-14(23)13(22)11(20)7(3-18)27-17/h4-5,7-14,16-23H,3H2,1-2H3/t5-,7+,8+,9+,10+,11+,12-,13-,14+,16-,17-/m0/s1. The van der Waals surface area contributed by atoms with Crippen molar-refractivity contribution in [3.8, 4) is 0 Å². The van der Waals surface area contributed by atoms with E-state index < -0.39 is 79.5 Å². The molecule has 0 unspecified atom stereocenters. The van der Waals surface area contributed by atoms with Gasteiger partial charge in [-0.3, -0.25) is 0 Å². The van der Waals surface area contributed by atoms with Gasteiger partial charge in [-0.25, -0.2) is 4.79 Å². The summed E-state index contributed by atoms with van der Waals surface area (Å²) < 4.78 is 21.1. The molecule has 1 saturated heterocycles. The number of carbonyl (C=O) groups excluding carboxylic acids is 1. The van der Waals surface area contributed by atoms with Crippen LogP contribution in [0.3, 0.4) is 0 Å². The Labute approximate surface area is 160 Å². The largest absolute Gasteiger partial charge is 0.472 e. The van der Waals surface area contributed by atoms with Gasteiger partial charge in [0.1, 0.15) is 24.4 Å². The third kappa shape index (κ3) is 3.42. The van der Waals surface area contributed by atoms with E-state index in [9.17, 15) is 35.4 Å². The van der Waals surface area contributed by atoms with Crippen molar-refractivity contribution in [1.29, 1.82) is 0 Å². The summed E-state index contributed by atoms with van der Waals surface area (Å²) in [6, 6.07) is 0. The average Bonchev–Trinajstić information content (AvgIpc) is 2.92. The fourth-order valence-corrected chi connectivity index (χ4v) is 4.16. The third-order valence-corrected chi connectivity index (χ3v) is 5.82. The zero-order valence-electron chi connectivity index (χ0n) is 15.4. The van der Waals surface area contributed by atoms with Crippen molar-refractivity contribution in [2.75, 3.05) is 13.7 Å². The van der Waals surface area contributed by atoms with Gasteiger partial charge >= 0.3 is 5.97 Å². The number of aliphatic hydroxyl groups excluding tert-OH is 6. The first-order valence-electron chi connectivity index (χ1n) is 8.98. The van der Waals surface area contributed by atoms with Crippen molar-refractivity contribution in [2.24, 2.45) is 17.8 Å². The van der Waals surface area contributed by atoms with Gasteiger partial charge in [-0.05, 0) is 5.92 Å². The van der Waals surface area contributed by atoms with Crippen molar-refractivity contribution >= 4 is 5.97 Å². The maximum Gasteiger partial charge on any atom is 0.337 e. The molecule has 1 saturated carbocycles. The minimum Gasteiger partial charge on any atom is -0.472 e. The van der Waals surface area contributed by atoms with E-state index in [0.717, 1.165) is 6.26 Å². The number of hydrogen-bond donors (Lipinski definition) is 6. The number of methoxy groups -OCH3 is 1. The highest BCUT2D eigenvalue weighted by molar-refractivity contribution is 5.89. The van der Waals surface area contributed by atoms with Crippen LogP contribution in [0.2, 0.25) is 0 Å². The highest BCUT2D eigenvalue weighted by Crippen LogP contribution is 2.47. The summed E-state index contributed by atoms with van der Waals surface area (Å²) in [4.78, 5) is 12.0. The van der Waals surface area contributed by atoms with E-state index in [-0.39, 0.29) is 5.57 Å². The fourth-order valence-electron chi connectivity index (χ4n) is 4.16. The molecule has 0 aromatic rings. The van der Waals surface area contributed by atoms with Crippen molar-refractivity contribution in [1.82, 2.24) is 0 Å². The van der Waals surface area contributed by atoms with E-state index in [4.69, 9.17) is 18.9 Å². The topological polar surface area (TPSA) is 175 Å². The van der Waals surface area contributed by atoms with Crippen molar-refractivity contribution in [2.45, 2.75) is 56.1 Å². The van der Waals surface area contributed by atoms with Gasteiger partial charge in [-0.2, -0.15) is 0 Å². The molecule has 3 aliphatic rings. The maximum absolute atomic E-state index is 12.0. The lowest BCUT2D eigenvalue weighted by molar-refractivity contribution is -0.343. The molecule has 11 atom stereocenters. The highest BCUT2D eigenvalue weighted by atomic mass is 16.8. The molecule has 0 amide bonds. The molecule has 2 fully saturated rings. The Bertz CT molecular complexity index is 608. The summed E-state index contributed by atoms with van der Waals surface area (Å²) in [7, 11) is 1.18. The average molecular weight is 406 g/mol. The van der Waals surface area contributed by atoms with Crippen LogP contribution in [0.15, 0.2) is 11.8 Å². The summed E-state index contributed by atoms with van der Waals surface area (Å²) in [6.45, 7) is 1.02. The lowest BCUT2D eigenvalue weighted by Gasteiger charge is -2.43. The van der Waals surface area contributed by atoms with Gasteiger partial charge in [0, 0.05) is 11.8 Å². The third-order valence-electron chi connectivity index (χ3n) is 5.82. The normalized spacial score (nSPS) is 48.4. The molecule has 0 aromatic heterocycles. The first-order valence-corrected chi connectivity index (χ1v) is 8.98. The quantitative estimate of drug-likeness (QED) is 0.260. The molecule has 0 aromatic carbocycles. The number of ether oxygens (including phenoxy) is 4. The number of hydrogen-bond acceptors (Lipinski definition) is 11. The van der Waals surface area contributed by atoms with Gasteiger partial charge in [0.25, 0.3) is 0 Å². The number of aliphatic hydroxyl groups is 6. The van der Waals surface area contributed by atoms with Crippen LogP contribution >= 0.6 is 0 Å². The van der Waals surface area contributed by atoms with E-state index >= 15 is 0 Å². The van der Waals surface area contributed by atoms with E-state index in [1.54, 1.807) is 6.92 Å². The first kappa shape index (κ1) is 21.4. The van der Waals surface area contributed by atoms with E-state index in [1.165, 1.54) is 7.11 Å². The fraction of sp³-hybridized carbons (Fsp3) is 0.824. The lowest BCUT2D eigenvalue weighted by atomic mass is 9.82. The second-order valence-corrected chi connectivity index (χ2v) is 7.35. The Balaban J connectivity index is 1.84. The molecular formula is C17H26O11. The summed E-state index contributed by atoms with van der Waals surface area (Å²) in [5.74, 6) is -2.82. The Morgan fingerprint density at radius 1 is 1.04 bits per heavy atom. The number of carbonyl (C=O) groups is 1. The van der Waals surface area contributed by atoms with Crippen LogP contribution in [0.5, 0.6) is 0 Å². The monoisotopic (exact) mass is 406 g/mol. The van der Waals surface area contributed by atoms with Crippen LogP contribution in [-0.4, -0.2) is 99.5 Å². The molecule has 2 heterocycles. The van der Waals surface area contributed by atoms with Crippen molar-refractivity contribution in [3.05, 3.63) is 11.8 Å². The summed E-state index contributed by atoms with van der Waals surface area (Å²) in [5.41, 5.74) is 0.0389. The van der Waals surface area contributed by atoms with Crippen LogP contribution in [0.25, 0.3) is 0 Å². The molecule has 0 spiro atoms. The number of esters is 1. The lowest BCUT2D eigenvalue weighted by Crippen LogP contribution is -2.60. The molecule has 3 rings (SSSR count). The van der Waals surface area contributed by atoms with Crippen LogP contribution in [-0.2, 0) is 23.7 Å². The van der Waals surface area contributed by atoms with Gasteiger partial charge in [0.05, 0.1) is 37.8 Å². The minimum absolute atomic E-state index is 0.0389. The zero-order chi connectivity index (χ0) is 20.7. The smallest absolute Gasteiger partial charge is 0.337 e. The SMILES string of the molecule is COC(=O)C1=CO[C@@H](O[C@@H]2O[C@H](CO)[C@@H](O)[C@H](O)[C@H]2O)[C@@H]2[C@H](C)[C@@H](O)[C@@H](O)[C@H]12. The van der Waals surface area contributed by atoms with Gasteiger partial charge in [-0.15, -0.1) is 0 Å². The number of rotatable bonds is 4. The highest BCUT2D eigenvalue weighted by Gasteiger charge is 2.57. The van der Waals surface area contributed by atoms with E-state index in [2.05, 4.69) is 0 Å². The molecule has 160 valence electrons. The molecule has 28 heavy (non-hydrogen) atoms. The Morgan fingerprint density at radius 2 is 1.71 bits per heavy atom. The van der Waals surface area contributed by atoms with E-state index in [0.29, 0.717) is 0 Å². The van der Waals surface area contributed by atoms with Crippen molar-refractivity contribution < 1.29 is 54.4 Å². The molecular weight excluding hydrogens is 380 g/mol. The van der Waals surface area contributed by atoms with Crippen molar-refractivity contribution in [3.63, 3.8) is 0 Å². The summed E-state index contributed by atoms with van der Waals surface area (Å²) in [5, 5.41) is 59.9. The molecule has 2 aliphatic heterocycles.